The Morgan fingerprint density at radius 1 is 1.18 bits per heavy atom. The van der Waals surface area contributed by atoms with Crippen LogP contribution in [0.25, 0.3) is 0 Å². The van der Waals surface area contributed by atoms with E-state index >= 15 is 0 Å². The molecular weight excluding hydrogens is 220 g/mol. The lowest BCUT2D eigenvalue weighted by Crippen LogP contribution is -2.49. The molecular formula is C12H20N2O3. The Bertz CT molecular complexity index is 311. The van der Waals surface area contributed by atoms with E-state index in [2.05, 4.69) is 11.8 Å². The van der Waals surface area contributed by atoms with Crippen LogP contribution in [-0.2, 0) is 9.59 Å². The highest BCUT2D eigenvalue weighted by Crippen LogP contribution is 2.40. The number of amides is 1. The molecule has 1 heterocycles. The largest absolute Gasteiger partial charge is 0.481 e. The zero-order valence-electron chi connectivity index (χ0n) is 10.3. The van der Waals surface area contributed by atoms with Crippen molar-refractivity contribution in [3.05, 3.63) is 0 Å². The number of piperazine rings is 1. The minimum Gasteiger partial charge on any atom is -0.481 e. The van der Waals surface area contributed by atoms with Crippen LogP contribution < -0.4 is 0 Å². The van der Waals surface area contributed by atoms with E-state index in [0.29, 0.717) is 6.42 Å². The van der Waals surface area contributed by atoms with Gasteiger partial charge in [0, 0.05) is 26.2 Å². The van der Waals surface area contributed by atoms with Crippen LogP contribution in [0.1, 0.15) is 19.8 Å². The third-order valence-electron chi connectivity index (χ3n) is 3.65. The second-order valence-electron chi connectivity index (χ2n) is 4.95. The van der Waals surface area contributed by atoms with Crippen LogP contribution in [0.15, 0.2) is 0 Å². The molecule has 0 radical (unpaired) electrons. The molecule has 0 aromatic carbocycles. The lowest BCUT2D eigenvalue weighted by Gasteiger charge is -2.34. The van der Waals surface area contributed by atoms with Gasteiger partial charge >= 0.3 is 5.97 Å². The quantitative estimate of drug-likeness (QED) is 0.766. The molecule has 1 aliphatic heterocycles. The third kappa shape index (κ3) is 2.77. The van der Waals surface area contributed by atoms with E-state index in [4.69, 9.17) is 5.11 Å². The summed E-state index contributed by atoms with van der Waals surface area (Å²) in [5.74, 6) is -1.44. The zero-order valence-corrected chi connectivity index (χ0v) is 10.3. The molecule has 2 atom stereocenters. The lowest BCUT2D eigenvalue weighted by atomic mass is 10.2. The predicted octanol–water partition coefficient (Wildman–Crippen LogP) is 0.261. The Morgan fingerprint density at radius 2 is 1.82 bits per heavy atom. The Morgan fingerprint density at radius 3 is 2.29 bits per heavy atom. The van der Waals surface area contributed by atoms with Crippen molar-refractivity contribution in [3.8, 4) is 0 Å². The monoisotopic (exact) mass is 240 g/mol. The first-order valence-corrected chi connectivity index (χ1v) is 6.37. The molecule has 1 aliphatic carbocycles. The fourth-order valence-electron chi connectivity index (χ4n) is 2.48. The van der Waals surface area contributed by atoms with Crippen LogP contribution in [0, 0.1) is 11.8 Å². The van der Waals surface area contributed by atoms with Gasteiger partial charge in [0.15, 0.2) is 0 Å². The molecule has 2 aliphatic rings. The summed E-state index contributed by atoms with van der Waals surface area (Å²) in [6, 6.07) is 0. The van der Waals surface area contributed by atoms with Crippen LogP contribution in [0.5, 0.6) is 0 Å². The number of carboxylic acids is 1. The summed E-state index contributed by atoms with van der Waals surface area (Å²) >= 11 is 0. The summed E-state index contributed by atoms with van der Waals surface area (Å²) in [5, 5.41) is 8.80. The summed E-state index contributed by atoms with van der Waals surface area (Å²) in [5.41, 5.74) is 0. The second-order valence-corrected chi connectivity index (χ2v) is 4.95. The normalized spacial score (nSPS) is 29.1. The van der Waals surface area contributed by atoms with Crippen LogP contribution in [-0.4, -0.2) is 59.5 Å². The van der Waals surface area contributed by atoms with Crippen LogP contribution >= 0.6 is 0 Å². The fourth-order valence-corrected chi connectivity index (χ4v) is 2.48. The molecule has 0 aromatic heterocycles. The third-order valence-corrected chi connectivity index (χ3v) is 3.65. The number of carbonyl (C=O) groups is 2. The standard InChI is InChI=1S/C12H20N2O3/c1-2-3-13-4-6-14(7-5-13)11(15)9-8-10(9)12(16)17/h9-10H,2-8H2,1H3,(H,16,17)/t9-,10+/m1/s1. The smallest absolute Gasteiger partial charge is 0.307 e. The molecule has 5 nitrogen and oxygen atoms in total. The molecule has 96 valence electrons. The molecule has 2 rings (SSSR count). The number of hydrogen-bond acceptors (Lipinski definition) is 3. The van der Waals surface area contributed by atoms with E-state index in [-0.39, 0.29) is 11.8 Å². The van der Waals surface area contributed by atoms with E-state index in [1.54, 1.807) is 0 Å². The molecule has 1 amide bonds. The van der Waals surface area contributed by atoms with E-state index in [1.165, 1.54) is 0 Å². The zero-order chi connectivity index (χ0) is 12.4. The van der Waals surface area contributed by atoms with Crippen LogP contribution in [0.2, 0.25) is 0 Å². The molecule has 1 saturated heterocycles. The van der Waals surface area contributed by atoms with E-state index in [9.17, 15) is 9.59 Å². The van der Waals surface area contributed by atoms with Crippen molar-refractivity contribution in [2.24, 2.45) is 11.8 Å². The van der Waals surface area contributed by atoms with Gasteiger partial charge in [0.05, 0.1) is 11.8 Å². The highest BCUT2D eigenvalue weighted by Gasteiger charge is 2.49. The molecule has 5 heteroatoms. The van der Waals surface area contributed by atoms with Crippen molar-refractivity contribution in [3.63, 3.8) is 0 Å². The first kappa shape index (κ1) is 12.4. The van der Waals surface area contributed by atoms with Crippen LogP contribution in [0.3, 0.4) is 0 Å². The first-order valence-electron chi connectivity index (χ1n) is 6.37. The summed E-state index contributed by atoms with van der Waals surface area (Å²) in [7, 11) is 0. The van der Waals surface area contributed by atoms with Gasteiger partial charge < -0.3 is 10.0 Å². The Balaban J connectivity index is 1.78. The molecule has 0 aromatic rings. The fraction of sp³-hybridized carbons (Fsp3) is 0.833. The maximum atomic E-state index is 12.0. The predicted molar refractivity (Wildman–Crippen MR) is 62.5 cm³/mol. The summed E-state index contributed by atoms with van der Waals surface area (Å²) in [6.45, 7) is 6.58. The molecule has 0 unspecified atom stereocenters. The maximum absolute atomic E-state index is 12.0. The maximum Gasteiger partial charge on any atom is 0.307 e. The van der Waals surface area contributed by atoms with E-state index in [1.807, 2.05) is 4.90 Å². The number of aliphatic carboxylic acids is 1. The van der Waals surface area contributed by atoms with Gasteiger partial charge in [-0.25, -0.2) is 0 Å². The Hall–Kier alpha value is -1.10. The minimum absolute atomic E-state index is 0.0496. The second kappa shape index (κ2) is 5.04. The van der Waals surface area contributed by atoms with E-state index in [0.717, 1.165) is 39.1 Å². The highest BCUT2D eigenvalue weighted by molar-refractivity contribution is 5.89. The van der Waals surface area contributed by atoms with Crippen molar-refractivity contribution < 1.29 is 14.7 Å². The first-order chi connectivity index (χ1) is 8.13. The van der Waals surface area contributed by atoms with Gasteiger partial charge in [0.2, 0.25) is 5.91 Å². The number of hydrogen-bond donors (Lipinski definition) is 1. The number of nitrogens with zero attached hydrogens (tertiary/aromatic N) is 2. The molecule has 1 saturated carbocycles. The highest BCUT2D eigenvalue weighted by atomic mass is 16.4. The van der Waals surface area contributed by atoms with Crippen molar-refractivity contribution in [2.45, 2.75) is 19.8 Å². The van der Waals surface area contributed by atoms with Gasteiger partial charge in [-0.15, -0.1) is 0 Å². The van der Waals surface area contributed by atoms with Gasteiger partial charge in [-0.2, -0.15) is 0 Å². The molecule has 17 heavy (non-hydrogen) atoms. The SMILES string of the molecule is CCCN1CCN(C(=O)[C@@H]2C[C@@H]2C(=O)O)CC1. The minimum atomic E-state index is -0.826. The topological polar surface area (TPSA) is 60.9 Å². The molecule has 0 bridgehead atoms. The van der Waals surface area contributed by atoms with Gasteiger partial charge in [-0.05, 0) is 19.4 Å². The summed E-state index contributed by atoms with van der Waals surface area (Å²) in [4.78, 5) is 26.9. The average molecular weight is 240 g/mol. The molecule has 1 N–H and O–H groups in total. The summed E-state index contributed by atoms with van der Waals surface area (Å²) in [6.07, 6.45) is 1.67. The number of carboxylic acid groups (broad SMARTS) is 1. The van der Waals surface area contributed by atoms with Crippen molar-refractivity contribution in [2.75, 3.05) is 32.7 Å². The molecule has 0 spiro atoms. The molecule has 2 fully saturated rings. The van der Waals surface area contributed by atoms with Gasteiger partial charge in [-0.1, -0.05) is 6.92 Å². The number of carbonyl (C=O) groups excluding carboxylic acids is 1. The number of rotatable bonds is 4. The van der Waals surface area contributed by atoms with Crippen molar-refractivity contribution in [1.29, 1.82) is 0 Å². The summed E-state index contributed by atoms with van der Waals surface area (Å²) < 4.78 is 0. The van der Waals surface area contributed by atoms with Crippen molar-refractivity contribution >= 4 is 11.9 Å². The Labute approximate surface area is 101 Å². The van der Waals surface area contributed by atoms with Gasteiger partial charge in [0.1, 0.15) is 0 Å². The van der Waals surface area contributed by atoms with Crippen molar-refractivity contribution in [1.82, 2.24) is 9.80 Å². The van der Waals surface area contributed by atoms with Gasteiger partial charge in [0.25, 0.3) is 0 Å². The van der Waals surface area contributed by atoms with Crippen LogP contribution in [0.4, 0.5) is 0 Å². The average Bonchev–Trinajstić information content (AvgIpc) is 3.09. The lowest BCUT2D eigenvalue weighted by molar-refractivity contribution is -0.142. The van der Waals surface area contributed by atoms with Gasteiger partial charge in [-0.3, -0.25) is 14.5 Å². The Kier molecular flexibility index (Phi) is 3.66. The van der Waals surface area contributed by atoms with E-state index < -0.39 is 11.9 Å².